The summed E-state index contributed by atoms with van der Waals surface area (Å²) in [5, 5.41) is 9.49. The summed E-state index contributed by atoms with van der Waals surface area (Å²) in [5.41, 5.74) is 1.82. The second-order valence-corrected chi connectivity index (χ2v) is 4.20. The molecule has 2 nitrogen and oxygen atoms in total. The third-order valence-electron chi connectivity index (χ3n) is 2.49. The summed E-state index contributed by atoms with van der Waals surface area (Å²) in [6.07, 6.45) is 0. The number of rotatable bonds is 3. The van der Waals surface area contributed by atoms with E-state index in [0.29, 0.717) is 10.8 Å². The van der Waals surface area contributed by atoms with Crippen LogP contribution < -0.4 is 4.74 Å². The van der Waals surface area contributed by atoms with Gasteiger partial charge >= 0.3 is 0 Å². The van der Waals surface area contributed by atoms with Crippen LogP contribution >= 0.6 is 11.6 Å². The van der Waals surface area contributed by atoms with E-state index in [0.717, 1.165) is 16.9 Å². The van der Waals surface area contributed by atoms with E-state index in [9.17, 15) is 0 Å². The second kappa shape index (κ2) is 5.21. The second-order valence-electron chi connectivity index (χ2n) is 3.79. The quantitative estimate of drug-likeness (QED) is 0.892. The SMILES string of the molecule is Cc1ccccc1Oc1ccc(CO)cc1Cl. The lowest BCUT2D eigenvalue weighted by Gasteiger charge is -2.10. The summed E-state index contributed by atoms with van der Waals surface area (Å²) in [5.74, 6) is 1.38. The maximum absolute atomic E-state index is 8.99. The van der Waals surface area contributed by atoms with Gasteiger partial charge in [-0.2, -0.15) is 0 Å². The summed E-state index contributed by atoms with van der Waals surface area (Å²) >= 11 is 6.07. The fourth-order valence-corrected chi connectivity index (χ4v) is 1.76. The molecule has 0 aliphatic rings. The van der Waals surface area contributed by atoms with Crippen molar-refractivity contribution in [1.29, 1.82) is 0 Å². The summed E-state index contributed by atoms with van der Waals surface area (Å²) in [6, 6.07) is 13.0. The summed E-state index contributed by atoms with van der Waals surface area (Å²) in [6.45, 7) is 1.95. The molecule has 17 heavy (non-hydrogen) atoms. The third kappa shape index (κ3) is 2.78. The van der Waals surface area contributed by atoms with E-state index in [4.69, 9.17) is 21.4 Å². The third-order valence-corrected chi connectivity index (χ3v) is 2.79. The molecule has 1 N–H and O–H groups in total. The fraction of sp³-hybridized carbons (Fsp3) is 0.143. The first kappa shape index (κ1) is 12.0. The first-order valence-corrected chi connectivity index (χ1v) is 5.71. The molecule has 0 radical (unpaired) electrons. The van der Waals surface area contributed by atoms with Gasteiger partial charge in [0.25, 0.3) is 0 Å². The van der Waals surface area contributed by atoms with Gasteiger partial charge in [-0.15, -0.1) is 0 Å². The zero-order chi connectivity index (χ0) is 12.3. The van der Waals surface area contributed by atoms with Gasteiger partial charge in [-0.3, -0.25) is 0 Å². The zero-order valence-electron chi connectivity index (χ0n) is 9.48. The van der Waals surface area contributed by atoms with Crippen LogP contribution in [0.25, 0.3) is 0 Å². The lowest BCUT2D eigenvalue weighted by molar-refractivity contribution is 0.281. The van der Waals surface area contributed by atoms with Crippen molar-refractivity contribution in [3.8, 4) is 11.5 Å². The number of aliphatic hydroxyl groups is 1. The Morgan fingerprint density at radius 2 is 1.88 bits per heavy atom. The van der Waals surface area contributed by atoms with Gasteiger partial charge in [0.15, 0.2) is 0 Å². The lowest BCUT2D eigenvalue weighted by atomic mass is 10.2. The minimum atomic E-state index is -0.0234. The van der Waals surface area contributed by atoms with Crippen molar-refractivity contribution in [3.05, 3.63) is 58.6 Å². The average molecular weight is 249 g/mol. The van der Waals surface area contributed by atoms with Gasteiger partial charge in [-0.05, 0) is 36.2 Å². The van der Waals surface area contributed by atoms with E-state index in [1.54, 1.807) is 18.2 Å². The van der Waals surface area contributed by atoms with Crippen molar-refractivity contribution in [2.75, 3.05) is 0 Å². The number of ether oxygens (including phenoxy) is 1. The molecule has 0 aliphatic heterocycles. The Morgan fingerprint density at radius 3 is 2.53 bits per heavy atom. The predicted molar refractivity (Wildman–Crippen MR) is 68.6 cm³/mol. The Balaban J connectivity index is 2.28. The molecule has 2 aromatic carbocycles. The molecule has 0 amide bonds. The highest BCUT2D eigenvalue weighted by molar-refractivity contribution is 6.32. The van der Waals surface area contributed by atoms with Crippen LogP contribution in [0.2, 0.25) is 5.02 Å². The van der Waals surface area contributed by atoms with Crippen LogP contribution in [0.5, 0.6) is 11.5 Å². The van der Waals surface area contributed by atoms with E-state index < -0.39 is 0 Å². The largest absolute Gasteiger partial charge is 0.456 e. The molecule has 88 valence electrons. The molecule has 0 heterocycles. The number of para-hydroxylation sites is 1. The van der Waals surface area contributed by atoms with E-state index in [2.05, 4.69) is 0 Å². The highest BCUT2D eigenvalue weighted by Crippen LogP contribution is 2.31. The molecule has 0 spiro atoms. The van der Waals surface area contributed by atoms with Gasteiger partial charge < -0.3 is 9.84 Å². The molecule has 0 unspecified atom stereocenters. The first-order valence-electron chi connectivity index (χ1n) is 5.33. The number of benzene rings is 2. The smallest absolute Gasteiger partial charge is 0.146 e. The van der Waals surface area contributed by atoms with Gasteiger partial charge in [0.1, 0.15) is 11.5 Å². The van der Waals surface area contributed by atoms with Gasteiger partial charge in [0, 0.05) is 0 Å². The number of hydrogen-bond donors (Lipinski definition) is 1. The first-order chi connectivity index (χ1) is 8.20. The van der Waals surface area contributed by atoms with Crippen molar-refractivity contribution in [3.63, 3.8) is 0 Å². The van der Waals surface area contributed by atoms with E-state index in [1.807, 2.05) is 31.2 Å². The van der Waals surface area contributed by atoms with Crippen LogP contribution in [0.4, 0.5) is 0 Å². The summed E-state index contributed by atoms with van der Waals surface area (Å²) in [4.78, 5) is 0. The molecule has 2 rings (SSSR count). The molecule has 0 atom stereocenters. The van der Waals surface area contributed by atoms with Crippen LogP contribution in [0.1, 0.15) is 11.1 Å². The van der Waals surface area contributed by atoms with Crippen LogP contribution in [0.3, 0.4) is 0 Å². The number of aryl methyl sites for hydroxylation is 1. The fourth-order valence-electron chi connectivity index (χ4n) is 1.51. The summed E-state index contributed by atoms with van der Waals surface area (Å²) in [7, 11) is 0. The van der Waals surface area contributed by atoms with E-state index in [-0.39, 0.29) is 6.61 Å². The number of hydrogen-bond acceptors (Lipinski definition) is 2. The Hall–Kier alpha value is -1.51. The van der Waals surface area contributed by atoms with Crippen LogP contribution in [0, 0.1) is 6.92 Å². The minimum absolute atomic E-state index is 0.0234. The topological polar surface area (TPSA) is 29.5 Å². The molecular formula is C14H13ClO2. The van der Waals surface area contributed by atoms with Gasteiger partial charge in [0.2, 0.25) is 0 Å². The van der Waals surface area contributed by atoms with Crippen molar-refractivity contribution in [2.24, 2.45) is 0 Å². The standard InChI is InChI=1S/C14H13ClO2/c1-10-4-2-3-5-13(10)17-14-7-6-11(9-16)8-12(14)15/h2-8,16H,9H2,1H3. The molecular weight excluding hydrogens is 236 g/mol. The average Bonchev–Trinajstić information content (AvgIpc) is 2.34. The van der Waals surface area contributed by atoms with Gasteiger partial charge in [-0.25, -0.2) is 0 Å². The van der Waals surface area contributed by atoms with Gasteiger partial charge in [0.05, 0.1) is 11.6 Å². The molecule has 2 aromatic rings. The Labute approximate surface area is 105 Å². The summed E-state index contributed by atoms with van der Waals surface area (Å²) < 4.78 is 5.73. The molecule has 0 bridgehead atoms. The van der Waals surface area contributed by atoms with Crippen molar-refractivity contribution >= 4 is 11.6 Å². The monoisotopic (exact) mass is 248 g/mol. The lowest BCUT2D eigenvalue weighted by Crippen LogP contribution is -1.89. The molecule has 0 aromatic heterocycles. The van der Waals surface area contributed by atoms with Crippen molar-refractivity contribution in [2.45, 2.75) is 13.5 Å². The van der Waals surface area contributed by atoms with Crippen LogP contribution in [0.15, 0.2) is 42.5 Å². The highest BCUT2D eigenvalue weighted by atomic mass is 35.5. The molecule has 0 saturated heterocycles. The molecule has 0 saturated carbocycles. The normalized spacial score (nSPS) is 10.3. The highest BCUT2D eigenvalue weighted by Gasteiger charge is 2.05. The van der Waals surface area contributed by atoms with Gasteiger partial charge in [-0.1, -0.05) is 35.9 Å². The van der Waals surface area contributed by atoms with Crippen molar-refractivity contribution < 1.29 is 9.84 Å². The zero-order valence-corrected chi connectivity index (χ0v) is 10.2. The van der Waals surface area contributed by atoms with Crippen molar-refractivity contribution in [1.82, 2.24) is 0 Å². The number of aliphatic hydroxyl groups excluding tert-OH is 1. The Morgan fingerprint density at radius 1 is 1.12 bits per heavy atom. The molecule has 0 aliphatic carbocycles. The molecule has 0 fully saturated rings. The minimum Gasteiger partial charge on any atom is -0.456 e. The van der Waals surface area contributed by atoms with E-state index >= 15 is 0 Å². The number of halogens is 1. The van der Waals surface area contributed by atoms with E-state index in [1.165, 1.54) is 0 Å². The Kier molecular flexibility index (Phi) is 3.67. The molecule has 3 heteroatoms. The van der Waals surface area contributed by atoms with Crippen LogP contribution in [-0.2, 0) is 6.61 Å². The van der Waals surface area contributed by atoms with Crippen LogP contribution in [-0.4, -0.2) is 5.11 Å². The Bertz CT molecular complexity index is 523. The maximum atomic E-state index is 8.99. The predicted octanol–water partition coefficient (Wildman–Crippen LogP) is 3.93. The maximum Gasteiger partial charge on any atom is 0.146 e.